The number of tetrazole rings is 1. The largest absolute Gasteiger partial charge is 0.491 e. The van der Waals surface area contributed by atoms with E-state index in [0.717, 1.165) is 23.7 Å². The van der Waals surface area contributed by atoms with Crippen LogP contribution in [-0.2, 0) is 6.54 Å². The van der Waals surface area contributed by atoms with E-state index >= 15 is 0 Å². The van der Waals surface area contributed by atoms with Crippen LogP contribution in [0.15, 0.2) is 24.3 Å². The van der Waals surface area contributed by atoms with Gasteiger partial charge in [-0.25, -0.2) is 4.68 Å². The lowest BCUT2D eigenvalue weighted by molar-refractivity contribution is 0.302. The molecule has 0 bridgehead atoms. The van der Waals surface area contributed by atoms with E-state index in [1.54, 1.807) is 0 Å². The van der Waals surface area contributed by atoms with E-state index in [9.17, 15) is 0 Å². The highest BCUT2D eigenvalue weighted by atomic mass is 16.5. The van der Waals surface area contributed by atoms with Crippen molar-refractivity contribution in [1.82, 2.24) is 25.5 Å². The van der Waals surface area contributed by atoms with Crippen LogP contribution in [0.1, 0.15) is 30.3 Å². The Hall–Kier alpha value is -1.95. The standard InChI is InChI=1S/C13H15N5O/c1-2-4-12-10(3-1)11(8-19-12)18-13(15-16-17-18)7-14-9-5-6-9/h1-4,9,11,14H,5-8H2. The molecule has 0 radical (unpaired) electrons. The van der Waals surface area contributed by atoms with Crippen LogP contribution in [0.5, 0.6) is 5.75 Å². The highest BCUT2D eigenvalue weighted by molar-refractivity contribution is 5.39. The first-order chi connectivity index (χ1) is 9.42. The Morgan fingerprint density at radius 1 is 1.32 bits per heavy atom. The van der Waals surface area contributed by atoms with Crippen LogP contribution in [0.2, 0.25) is 0 Å². The molecule has 1 aromatic carbocycles. The molecule has 0 saturated heterocycles. The lowest BCUT2D eigenvalue weighted by Crippen LogP contribution is -2.22. The Morgan fingerprint density at radius 3 is 3.11 bits per heavy atom. The number of nitrogens with zero attached hydrogens (tertiary/aromatic N) is 4. The predicted octanol–water partition coefficient (Wildman–Crippen LogP) is 0.907. The van der Waals surface area contributed by atoms with Crippen LogP contribution >= 0.6 is 0 Å². The van der Waals surface area contributed by atoms with E-state index in [2.05, 4.69) is 26.9 Å². The maximum Gasteiger partial charge on any atom is 0.165 e. The molecule has 98 valence electrons. The van der Waals surface area contributed by atoms with Gasteiger partial charge in [0.1, 0.15) is 18.4 Å². The van der Waals surface area contributed by atoms with E-state index in [0.29, 0.717) is 12.6 Å². The maximum atomic E-state index is 5.69. The summed E-state index contributed by atoms with van der Waals surface area (Å²) in [5.41, 5.74) is 1.16. The topological polar surface area (TPSA) is 64.9 Å². The van der Waals surface area contributed by atoms with Gasteiger partial charge < -0.3 is 10.1 Å². The third-order valence-corrected chi connectivity index (χ3v) is 3.66. The van der Waals surface area contributed by atoms with Crippen molar-refractivity contribution >= 4 is 0 Å². The lowest BCUT2D eigenvalue weighted by Gasteiger charge is -2.11. The second kappa shape index (κ2) is 4.31. The van der Waals surface area contributed by atoms with Crippen LogP contribution < -0.4 is 10.1 Å². The summed E-state index contributed by atoms with van der Waals surface area (Å²) in [6, 6.07) is 8.80. The molecular formula is C13H15N5O. The minimum Gasteiger partial charge on any atom is -0.491 e. The Kier molecular flexibility index (Phi) is 2.48. The summed E-state index contributed by atoms with van der Waals surface area (Å²) in [4.78, 5) is 0. The van der Waals surface area contributed by atoms with Gasteiger partial charge in [-0.3, -0.25) is 0 Å². The highest BCUT2D eigenvalue weighted by Crippen LogP contribution is 2.34. The predicted molar refractivity (Wildman–Crippen MR) is 67.8 cm³/mol. The first kappa shape index (κ1) is 10.9. The average Bonchev–Trinajstić information content (AvgIpc) is 3.00. The van der Waals surface area contributed by atoms with Crippen molar-refractivity contribution in [2.45, 2.75) is 31.5 Å². The second-order valence-corrected chi connectivity index (χ2v) is 5.06. The zero-order valence-corrected chi connectivity index (χ0v) is 10.5. The summed E-state index contributed by atoms with van der Waals surface area (Å²) < 4.78 is 7.57. The summed E-state index contributed by atoms with van der Waals surface area (Å²) in [7, 11) is 0. The van der Waals surface area contributed by atoms with Gasteiger partial charge in [0.25, 0.3) is 0 Å². The molecule has 4 rings (SSSR count). The van der Waals surface area contributed by atoms with Gasteiger partial charge in [-0.05, 0) is 29.3 Å². The number of nitrogens with one attached hydrogen (secondary N) is 1. The Labute approximate surface area is 110 Å². The van der Waals surface area contributed by atoms with Gasteiger partial charge in [0.05, 0.1) is 6.54 Å². The second-order valence-electron chi connectivity index (χ2n) is 5.06. The highest BCUT2D eigenvalue weighted by Gasteiger charge is 2.29. The number of hydrogen-bond acceptors (Lipinski definition) is 5. The third-order valence-electron chi connectivity index (χ3n) is 3.66. The monoisotopic (exact) mass is 257 g/mol. The van der Waals surface area contributed by atoms with Crippen LogP contribution in [0.4, 0.5) is 0 Å². The van der Waals surface area contributed by atoms with Crippen molar-refractivity contribution in [1.29, 1.82) is 0 Å². The summed E-state index contributed by atoms with van der Waals surface area (Å²) in [5, 5.41) is 15.5. The van der Waals surface area contributed by atoms with E-state index in [1.165, 1.54) is 12.8 Å². The van der Waals surface area contributed by atoms with Gasteiger partial charge in [-0.1, -0.05) is 18.2 Å². The number of fused-ring (bicyclic) bond motifs is 1. The van der Waals surface area contributed by atoms with E-state index in [-0.39, 0.29) is 6.04 Å². The minimum absolute atomic E-state index is 0.0854. The molecule has 1 aromatic heterocycles. The van der Waals surface area contributed by atoms with Gasteiger partial charge in [-0.15, -0.1) is 5.10 Å². The van der Waals surface area contributed by atoms with Crippen molar-refractivity contribution in [2.75, 3.05) is 6.61 Å². The SMILES string of the molecule is c1ccc2c(c1)OCC2n1nnnc1CNC1CC1. The van der Waals surface area contributed by atoms with Gasteiger partial charge in [-0.2, -0.15) is 0 Å². The van der Waals surface area contributed by atoms with Gasteiger partial charge >= 0.3 is 0 Å². The van der Waals surface area contributed by atoms with E-state index < -0.39 is 0 Å². The summed E-state index contributed by atoms with van der Waals surface area (Å²) in [6.45, 7) is 1.32. The summed E-state index contributed by atoms with van der Waals surface area (Å²) in [5.74, 6) is 1.81. The number of ether oxygens (including phenoxy) is 1. The van der Waals surface area contributed by atoms with Gasteiger partial charge in [0.2, 0.25) is 0 Å². The Bertz CT molecular complexity index is 592. The quantitative estimate of drug-likeness (QED) is 0.882. The number of para-hydroxylation sites is 1. The van der Waals surface area contributed by atoms with E-state index in [1.807, 2.05) is 22.9 Å². The molecule has 6 heteroatoms. The molecule has 1 saturated carbocycles. The van der Waals surface area contributed by atoms with Crippen molar-refractivity contribution in [3.05, 3.63) is 35.7 Å². The number of benzene rings is 1. The first-order valence-electron chi connectivity index (χ1n) is 6.63. The molecule has 2 heterocycles. The molecule has 1 unspecified atom stereocenters. The smallest absolute Gasteiger partial charge is 0.165 e. The fourth-order valence-corrected chi connectivity index (χ4v) is 2.44. The zero-order valence-electron chi connectivity index (χ0n) is 10.5. The average molecular weight is 257 g/mol. The lowest BCUT2D eigenvalue weighted by atomic mass is 10.1. The molecular weight excluding hydrogens is 242 g/mol. The fourth-order valence-electron chi connectivity index (χ4n) is 2.44. The molecule has 1 aliphatic heterocycles. The Morgan fingerprint density at radius 2 is 2.21 bits per heavy atom. The minimum atomic E-state index is 0.0854. The van der Waals surface area contributed by atoms with Crippen LogP contribution in [-0.4, -0.2) is 32.9 Å². The fraction of sp³-hybridized carbons (Fsp3) is 0.462. The normalized spacial score (nSPS) is 21.2. The van der Waals surface area contributed by atoms with Crippen molar-refractivity contribution in [3.63, 3.8) is 0 Å². The first-order valence-corrected chi connectivity index (χ1v) is 6.63. The van der Waals surface area contributed by atoms with E-state index in [4.69, 9.17) is 4.74 Å². The summed E-state index contributed by atoms with van der Waals surface area (Å²) in [6.07, 6.45) is 2.52. The number of aromatic nitrogens is 4. The molecule has 2 aliphatic rings. The van der Waals surface area contributed by atoms with Gasteiger partial charge in [0.15, 0.2) is 5.82 Å². The summed E-state index contributed by atoms with van der Waals surface area (Å²) >= 11 is 0. The van der Waals surface area contributed by atoms with Crippen molar-refractivity contribution < 1.29 is 4.74 Å². The maximum absolute atomic E-state index is 5.69. The molecule has 19 heavy (non-hydrogen) atoms. The third kappa shape index (κ3) is 1.98. The van der Waals surface area contributed by atoms with Crippen molar-refractivity contribution in [2.24, 2.45) is 0 Å². The molecule has 1 fully saturated rings. The van der Waals surface area contributed by atoms with Gasteiger partial charge in [0, 0.05) is 11.6 Å². The number of rotatable bonds is 4. The number of hydrogen-bond donors (Lipinski definition) is 1. The van der Waals surface area contributed by atoms with Crippen LogP contribution in [0.25, 0.3) is 0 Å². The van der Waals surface area contributed by atoms with Crippen LogP contribution in [0, 0.1) is 0 Å². The zero-order chi connectivity index (χ0) is 12.7. The molecule has 0 amide bonds. The van der Waals surface area contributed by atoms with Crippen LogP contribution in [0.3, 0.4) is 0 Å². The molecule has 1 atom stereocenters. The van der Waals surface area contributed by atoms with Crippen molar-refractivity contribution in [3.8, 4) is 5.75 Å². The molecule has 0 spiro atoms. The molecule has 2 aromatic rings. The molecule has 1 aliphatic carbocycles. The Balaban J connectivity index is 1.60. The molecule has 6 nitrogen and oxygen atoms in total. The molecule has 1 N–H and O–H groups in total.